The molecule has 9 nitrogen and oxygen atoms in total. The van der Waals surface area contributed by atoms with Crippen molar-refractivity contribution in [1.29, 1.82) is 0 Å². The number of nitrogens with two attached hydrogens (primary N) is 1. The van der Waals surface area contributed by atoms with Crippen LogP contribution in [0.5, 0.6) is 0 Å². The van der Waals surface area contributed by atoms with Crippen molar-refractivity contribution in [3.05, 3.63) is 71.7 Å². The number of rotatable bonds is 7. The molecule has 188 valence electrons. The Morgan fingerprint density at radius 2 is 1.69 bits per heavy atom. The molecule has 3 rings (SSSR count). The fourth-order valence-corrected chi connectivity index (χ4v) is 4.46. The van der Waals surface area contributed by atoms with Gasteiger partial charge in [0.1, 0.15) is 11.5 Å². The number of esters is 1. The molecule has 0 bridgehead atoms. The van der Waals surface area contributed by atoms with Crippen LogP contribution in [0.25, 0.3) is 11.3 Å². The lowest BCUT2D eigenvalue weighted by atomic mass is 10.1. The first-order chi connectivity index (χ1) is 16.3. The number of hydrogen-bond donors (Lipinski definition) is 2. The Bertz CT molecular complexity index is 1280. The maximum Gasteiger partial charge on any atom is 0.327 e. The summed E-state index contributed by atoms with van der Waals surface area (Å²) in [7, 11) is -1.03. The number of aromatic nitrogens is 2. The molecule has 35 heavy (non-hydrogen) atoms. The molecular weight excluding hydrogens is 477 g/mol. The molecule has 3 aromatic rings. The highest BCUT2D eigenvalue weighted by atomic mass is 32.2. The van der Waals surface area contributed by atoms with Gasteiger partial charge in [0, 0.05) is 19.2 Å². The van der Waals surface area contributed by atoms with Crippen LogP contribution in [0.1, 0.15) is 29.9 Å². The number of benzene rings is 2. The molecule has 2 aromatic carbocycles. The Morgan fingerprint density at radius 3 is 2.14 bits per heavy atom. The van der Waals surface area contributed by atoms with Crippen LogP contribution in [-0.2, 0) is 32.8 Å². The molecule has 1 heterocycles. The van der Waals surface area contributed by atoms with Crippen LogP contribution in [0.15, 0.2) is 59.5 Å². The second kappa shape index (κ2) is 11.2. The van der Waals surface area contributed by atoms with E-state index in [0.29, 0.717) is 17.8 Å². The van der Waals surface area contributed by atoms with Crippen LogP contribution < -0.4 is 5.73 Å². The Balaban J connectivity index is 0.000000250. The number of aliphatic hydroxyl groups is 1. The Morgan fingerprint density at radius 1 is 1.11 bits per heavy atom. The van der Waals surface area contributed by atoms with Gasteiger partial charge in [-0.3, -0.25) is 14.3 Å². The van der Waals surface area contributed by atoms with Crippen molar-refractivity contribution in [3.8, 4) is 11.3 Å². The van der Waals surface area contributed by atoms with E-state index in [1.807, 2.05) is 0 Å². The average molecular weight is 506 g/mol. The smallest absolute Gasteiger partial charge is 0.327 e. The van der Waals surface area contributed by atoms with Crippen LogP contribution in [-0.4, -0.2) is 53.6 Å². The largest absolute Gasteiger partial charge is 0.468 e. The van der Waals surface area contributed by atoms with Gasteiger partial charge < -0.3 is 15.6 Å². The monoisotopic (exact) mass is 505 g/mol. The van der Waals surface area contributed by atoms with Crippen molar-refractivity contribution in [3.63, 3.8) is 0 Å². The second-order valence-corrected chi connectivity index (χ2v) is 10.5. The number of aryl methyl sites for hydroxylation is 1. The third-order valence-corrected chi connectivity index (χ3v) is 7.66. The molecule has 1 aromatic heterocycles. The summed E-state index contributed by atoms with van der Waals surface area (Å²) in [5.41, 5.74) is 7.65. The predicted molar refractivity (Wildman–Crippen MR) is 128 cm³/mol. The van der Waals surface area contributed by atoms with Gasteiger partial charge in [0.15, 0.2) is 14.6 Å². The quantitative estimate of drug-likeness (QED) is 0.469. The Hall–Kier alpha value is -3.57. The third-order valence-electron chi connectivity index (χ3n) is 5.26. The minimum atomic E-state index is -3.82. The van der Waals surface area contributed by atoms with E-state index in [0.717, 1.165) is 18.2 Å². The van der Waals surface area contributed by atoms with Crippen LogP contribution in [0.4, 0.5) is 4.39 Å². The lowest BCUT2D eigenvalue weighted by molar-refractivity contribution is -0.142. The first-order valence-corrected chi connectivity index (χ1v) is 12.0. The molecular formula is C24H28FN3O6S. The van der Waals surface area contributed by atoms with Crippen molar-refractivity contribution in [1.82, 2.24) is 9.78 Å². The zero-order chi connectivity index (χ0) is 26.4. The van der Waals surface area contributed by atoms with Crippen LogP contribution in [0.2, 0.25) is 0 Å². The molecule has 11 heteroatoms. The molecule has 3 N–H and O–H groups in total. The summed E-state index contributed by atoms with van der Waals surface area (Å²) >= 11 is 0. The summed E-state index contributed by atoms with van der Waals surface area (Å²) in [6.07, 6.45) is 0.459. The molecule has 0 spiro atoms. The maximum atomic E-state index is 12.7. The molecule has 0 saturated carbocycles. The van der Waals surface area contributed by atoms with Crippen LogP contribution in [0, 0.1) is 5.82 Å². The number of sulfone groups is 1. The topological polar surface area (TPSA) is 142 Å². The van der Waals surface area contributed by atoms with Gasteiger partial charge in [0.2, 0.25) is 0 Å². The third kappa shape index (κ3) is 6.31. The minimum Gasteiger partial charge on any atom is -0.468 e. The molecule has 0 aliphatic rings. The molecule has 0 fully saturated rings. The first kappa shape index (κ1) is 27.7. The highest BCUT2D eigenvalue weighted by Crippen LogP contribution is 2.27. The molecule has 0 aliphatic carbocycles. The van der Waals surface area contributed by atoms with E-state index >= 15 is 0 Å². The number of carbonyl (C=O) groups excluding carboxylic acids is 2. The lowest BCUT2D eigenvalue weighted by Crippen LogP contribution is -2.41. The van der Waals surface area contributed by atoms with Gasteiger partial charge in [-0.2, -0.15) is 5.10 Å². The van der Waals surface area contributed by atoms with E-state index in [9.17, 15) is 22.4 Å². The van der Waals surface area contributed by atoms with Crippen LogP contribution in [0.3, 0.4) is 0 Å². The second-order valence-electron chi connectivity index (χ2n) is 8.03. The van der Waals surface area contributed by atoms with Gasteiger partial charge in [-0.05, 0) is 68.3 Å². The maximum absolute atomic E-state index is 12.7. The summed E-state index contributed by atoms with van der Waals surface area (Å²) in [6.45, 7) is 2.63. The van der Waals surface area contributed by atoms with E-state index in [1.54, 1.807) is 37.4 Å². The fraction of sp³-hybridized carbons (Fsp3) is 0.292. The molecule has 0 unspecified atom stereocenters. The van der Waals surface area contributed by atoms with Gasteiger partial charge in [-0.15, -0.1) is 0 Å². The number of amides is 1. The van der Waals surface area contributed by atoms with E-state index in [-0.39, 0.29) is 17.3 Å². The van der Waals surface area contributed by atoms with Crippen molar-refractivity contribution < 1.29 is 32.2 Å². The zero-order valence-corrected chi connectivity index (χ0v) is 20.7. The van der Waals surface area contributed by atoms with Gasteiger partial charge >= 0.3 is 5.97 Å². The zero-order valence-electron chi connectivity index (χ0n) is 19.9. The minimum absolute atomic E-state index is 0.000248. The molecule has 1 amide bonds. The number of methoxy groups -OCH3 is 1. The van der Waals surface area contributed by atoms with Crippen molar-refractivity contribution >= 4 is 21.7 Å². The normalized spacial score (nSPS) is 11.4. The number of aliphatic hydroxyl groups excluding tert-OH is 1. The van der Waals surface area contributed by atoms with Crippen LogP contribution >= 0.6 is 0 Å². The standard InChI is InChI=1S/C13H18O5S.C11H10FN3O/c1-13(2,12(15)18-3)19(16,17)11-6-4-10(5-7-11)8-9-14;1-15-10(11(13)16)6-9(14-15)7-2-4-8(12)5-3-7/h4-7,14H,8-9H2,1-3H3;2-6H,1H3,(H2,13,16). The first-order valence-electron chi connectivity index (χ1n) is 10.5. The van der Waals surface area contributed by atoms with Gasteiger partial charge in [-0.1, -0.05) is 12.1 Å². The number of hydrogen-bond acceptors (Lipinski definition) is 7. The SMILES string of the molecule is COC(=O)C(C)(C)S(=O)(=O)c1ccc(CCO)cc1.Cn1nc(-c2ccc(F)cc2)cc1C(N)=O. The van der Waals surface area contributed by atoms with Crippen molar-refractivity contribution in [2.45, 2.75) is 29.9 Å². The van der Waals surface area contributed by atoms with E-state index in [4.69, 9.17) is 10.8 Å². The van der Waals surface area contributed by atoms with Crippen molar-refractivity contribution in [2.24, 2.45) is 12.8 Å². The number of primary amides is 1. The lowest BCUT2D eigenvalue weighted by Gasteiger charge is -2.21. The summed E-state index contributed by atoms with van der Waals surface area (Å²) < 4.78 is 41.8. The molecule has 0 atom stereocenters. The molecule has 0 aliphatic heterocycles. The number of nitrogens with zero attached hydrogens (tertiary/aromatic N) is 2. The summed E-state index contributed by atoms with van der Waals surface area (Å²) in [5, 5.41) is 12.9. The van der Waals surface area contributed by atoms with Gasteiger partial charge in [0.25, 0.3) is 5.91 Å². The number of carbonyl (C=O) groups is 2. The summed E-state index contributed by atoms with van der Waals surface area (Å²) in [5.74, 6) is -1.65. The predicted octanol–water partition coefficient (Wildman–Crippen LogP) is 2.27. The van der Waals surface area contributed by atoms with Crippen molar-refractivity contribution in [2.75, 3.05) is 13.7 Å². The number of ether oxygens (including phenoxy) is 1. The molecule has 0 saturated heterocycles. The Labute approximate surface area is 203 Å². The average Bonchev–Trinajstić information content (AvgIpc) is 3.21. The highest BCUT2D eigenvalue weighted by Gasteiger charge is 2.43. The van der Waals surface area contributed by atoms with Gasteiger partial charge in [0.05, 0.1) is 17.7 Å². The fourth-order valence-electron chi connectivity index (χ4n) is 3.07. The van der Waals surface area contributed by atoms with E-state index < -0.39 is 26.5 Å². The number of halogens is 1. The summed E-state index contributed by atoms with van der Waals surface area (Å²) in [4.78, 5) is 22.7. The van der Waals surface area contributed by atoms with E-state index in [1.165, 1.54) is 42.8 Å². The highest BCUT2D eigenvalue weighted by molar-refractivity contribution is 7.93. The Kier molecular flexibility index (Phi) is 8.88. The van der Waals surface area contributed by atoms with E-state index in [2.05, 4.69) is 9.84 Å². The summed E-state index contributed by atoms with van der Waals surface area (Å²) in [6, 6.07) is 13.6. The van der Waals surface area contributed by atoms with Gasteiger partial charge in [-0.25, -0.2) is 12.8 Å². The molecule has 0 radical (unpaired) electrons.